The van der Waals surface area contributed by atoms with E-state index in [1.807, 2.05) is 31.4 Å². The van der Waals surface area contributed by atoms with E-state index in [1.165, 1.54) is 24.2 Å². The van der Waals surface area contributed by atoms with Crippen LogP contribution in [0.25, 0.3) is 10.9 Å². The van der Waals surface area contributed by atoms with Crippen molar-refractivity contribution in [3.8, 4) is 5.19 Å². The highest BCUT2D eigenvalue weighted by molar-refractivity contribution is 7.13. The Balaban J connectivity index is 1.06. The number of hydrogen-bond acceptors (Lipinski definition) is 6. The van der Waals surface area contributed by atoms with E-state index in [-0.39, 0.29) is 5.78 Å². The highest BCUT2D eigenvalue weighted by atomic mass is 32.1. The van der Waals surface area contributed by atoms with E-state index < -0.39 is 12.5 Å². The second kappa shape index (κ2) is 10.5. The third-order valence-electron chi connectivity index (χ3n) is 7.50. The zero-order valence-corrected chi connectivity index (χ0v) is 21.8. The number of rotatable bonds is 9. The first-order chi connectivity index (χ1) is 17.2. The van der Waals surface area contributed by atoms with Gasteiger partial charge < -0.3 is 4.74 Å². The summed E-state index contributed by atoms with van der Waals surface area (Å²) in [5.41, 5.74) is 2.65. The van der Waals surface area contributed by atoms with E-state index in [0.717, 1.165) is 79.3 Å². The molecule has 0 spiro atoms. The van der Waals surface area contributed by atoms with Crippen molar-refractivity contribution in [2.24, 2.45) is 18.9 Å². The minimum Gasteiger partial charge on any atom is -0.464 e. The van der Waals surface area contributed by atoms with Gasteiger partial charge >= 0.3 is 0 Å². The molecule has 0 N–H and O–H groups in total. The quantitative estimate of drug-likeness (QED) is 0.332. The van der Waals surface area contributed by atoms with Gasteiger partial charge in [0.15, 0.2) is 12.4 Å². The van der Waals surface area contributed by atoms with Crippen LogP contribution in [0.3, 0.4) is 0 Å². The summed E-state index contributed by atoms with van der Waals surface area (Å²) >= 11 is 1.40. The van der Waals surface area contributed by atoms with E-state index in [1.54, 1.807) is 4.68 Å². The van der Waals surface area contributed by atoms with Crippen LogP contribution in [-0.4, -0.2) is 51.1 Å². The van der Waals surface area contributed by atoms with Crippen LogP contribution in [0, 0.1) is 11.8 Å². The highest BCUT2D eigenvalue weighted by Crippen LogP contribution is 2.35. The number of nitrogens with zero attached hydrogens (tertiary/aromatic N) is 4. The van der Waals surface area contributed by atoms with Crippen molar-refractivity contribution in [3.63, 3.8) is 0 Å². The molecule has 0 bridgehead atoms. The fraction of sp³-hybridized carbons (Fsp3) is 0.593. The molecule has 2 aromatic heterocycles. The summed E-state index contributed by atoms with van der Waals surface area (Å²) in [4.78, 5) is 21.1. The number of benzene rings is 1. The van der Waals surface area contributed by atoms with Crippen LogP contribution in [0.15, 0.2) is 24.4 Å². The molecule has 0 saturated heterocycles. The maximum atomic E-state index is 13.1. The van der Waals surface area contributed by atoms with Crippen molar-refractivity contribution in [2.45, 2.75) is 64.3 Å². The molecule has 0 radical (unpaired) electrons. The monoisotopic (exact) mass is 516 g/mol. The largest absolute Gasteiger partial charge is 0.464 e. The van der Waals surface area contributed by atoms with Crippen molar-refractivity contribution < 1.29 is 18.3 Å². The summed E-state index contributed by atoms with van der Waals surface area (Å²) < 4.78 is 33.1. The van der Waals surface area contributed by atoms with Gasteiger partial charge in [-0.2, -0.15) is 5.10 Å². The molecule has 9 heteroatoms. The lowest BCUT2D eigenvalue weighted by Crippen LogP contribution is -2.32. The minimum absolute atomic E-state index is 0.232. The molecule has 2 aliphatic rings. The lowest BCUT2D eigenvalue weighted by Gasteiger charge is -2.31. The number of aromatic nitrogens is 3. The molecule has 1 aromatic carbocycles. The number of thiazole rings is 1. The molecule has 0 amide bonds. The van der Waals surface area contributed by atoms with Gasteiger partial charge in [-0.1, -0.05) is 36.3 Å². The van der Waals surface area contributed by atoms with Crippen molar-refractivity contribution in [2.75, 3.05) is 19.7 Å². The van der Waals surface area contributed by atoms with Crippen LogP contribution in [-0.2, 0) is 20.0 Å². The van der Waals surface area contributed by atoms with Gasteiger partial charge in [0.2, 0.25) is 0 Å². The van der Waals surface area contributed by atoms with Crippen LogP contribution >= 0.6 is 11.3 Å². The predicted molar refractivity (Wildman–Crippen MR) is 137 cm³/mol. The minimum atomic E-state index is -2.85. The van der Waals surface area contributed by atoms with Crippen molar-refractivity contribution in [1.29, 1.82) is 0 Å². The molecule has 194 valence electrons. The van der Waals surface area contributed by atoms with Crippen LogP contribution in [0.2, 0.25) is 0 Å². The van der Waals surface area contributed by atoms with Crippen molar-refractivity contribution in [3.05, 3.63) is 40.5 Å². The summed E-state index contributed by atoms with van der Waals surface area (Å²) in [5.74, 6) is -1.46. The first kappa shape index (κ1) is 25.3. The number of ether oxygens (including phenoxy) is 1. The number of carbonyl (C=O) groups excluding carboxylic acids is 1. The lowest BCUT2D eigenvalue weighted by atomic mass is 9.78. The maximum absolute atomic E-state index is 13.1. The SMILES string of the molecule is Cn1cc2c(C(=O)CC3CCC(CCN4CCc5sc(OCC(C)(F)F)nc5C4)CC3)cccc2n1. The fourth-order valence-electron chi connectivity index (χ4n) is 5.54. The van der Waals surface area contributed by atoms with E-state index >= 15 is 0 Å². The van der Waals surface area contributed by atoms with Gasteiger partial charge in [0.25, 0.3) is 11.1 Å². The number of ketones is 1. The Morgan fingerprint density at radius 1 is 1.22 bits per heavy atom. The molecular weight excluding hydrogens is 482 g/mol. The van der Waals surface area contributed by atoms with Gasteiger partial charge in [0.1, 0.15) is 0 Å². The third-order valence-corrected chi connectivity index (χ3v) is 8.56. The van der Waals surface area contributed by atoms with Gasteiger partial charge in [-0.05, 0) is 50.1 Å². The normalized spacial score (nSPS) is 21.0. The van der Waals surface area contributed by atoms with Crippen LogP contribution in [0.5, 0.6) is 5.19 Å². The zero-order chi connectivity index (χ0) is 25.3. The van der Waals surface area contributed by atoms with Gasteiger partial charge in [-0.15, -0.1) is 0 Å². The highest BCUT2D eigenvalue weighted by Gasteiger charge is 2.27. The molecule has 36 heavy (non-hydrogen) atoms. The number of halogens is 2. The number of aryl methyl sites for hydroxylation is 1. The molecule has 1 saturated carbocycles. The first-order valence-electron chi connectivity index (χ1n) is 12.9. The second-order valence-electron chi connectivity index (χ2n) is 10.6. The molecule has 6 nitrogen and oxygen atoms in total. The zero-order valence-electron chi connectivity index (χ0n) is 21.0. The molecular formula is C27H34F2N4O2S. The van der Waals surface area contributed by atoms with Gasteiger partial charge in [-0.25, -0.2) is 13.8 Å². The predicted octanol–water partition coefficient (Wildman–Crippen LogP) is 5.89. The smallest absolute Gasteiger partial charge is 0.278 e. The third kappa shape index (κ3) is 6.11. The molecule has 0 atom stereocenters. The molecule has 3 aromatic rings. The molecule has 1 fully saturated rings. The van der Waals surface area contributed by atoms with Gasteiger partial charge in [0.05, 0.1) is 11.2 Å². The van der Waals surface area contributed by atoms with E-state index in [2.05, 4.69) is 15.0 Å². The number of alkyl halides is 2. The molecule has 1 aliphatic heterocycles. The Hall–Kier alpha value is -2.39. The lowest BCUT2D eigenvalue weighted by molar-refractivity contribution is -0.0230. The molecule has 1 aliphatic carbocycles. The average molecular weight is 517 g/mol. The second-order valence-corrected chi connectivity index (χ2v) is 11.6. The van der Waals surface area contributed by atoms with Crippen molar-refractivity contribution >= 4 is 28.0 Å². The summed E-state index contributed by atoms with van der Waals surface area (Å²) in [6, 6.07) is 5.81. The van der Waals surface area contributed by atoms with E-state index in [4.69, 9.17) is 4.74 Å². The average Bonchev–Trinajstić information content (AvgIpc) is 3.43. The Morgan fingerprint density at radius 3 is 2.78 bits per heavy atom. The molecule has 5 rings (SSSR count). The Bertz CT molecular complexity index is 1210. The Morgan fingerprint density at radius 2 is 2.00 bits per heavy atom. The summed E-state index contributed by atoms with van der Waals surface area (Å²) in [7, 11) is 1.89. The van der Waals surface area contributed by atoms with E-state index in [9.17, 15) is 13.6 Å². The van der Waals surface area contributed by atoms with Crippen LogP contribution in [0.1, 0.15) is 66.4 Å². The first-order valence-corrected chi connectivity index (χ1v) is 13.7. The number of fused-ring (bicyclic) bond motifs is 2. The Kier molecular flexibility index (Phi) is 7.40. The number of Topliss-reactive ketones (excluding diaryl/α,β-unsaturated/α-hetero) is 1. The van der Waals surface area contributed by atoms with Crippen LogP contribution in [0.4, 0.5) is 8.78 Å². The van der Waals surface area contributed by atoms with E-state index in [0.29, 0.717) is 23.5 Å². The Labute approximate surface area is 214 Å². The van der Waals surface area contributed by atoms with Crippen molar-refractivity contribution in [1.82, 2.24) is 19.7 Å². The summed E-state index contributed by atoms with van der Waals surface area (Å²) in [6.07, 6.45) is 9.18. The van der Waals surface area contributed by atoms with Gasteiger partial charge in [-0.3, -0.25) is 14.4 Å². The van der Waals surface area contributed by atoms with Crippen LogP contribution < -0.4 is 4.74 Å². The fourth-order valence-corrected chi connectivity index (χ4v) is 6.44. The summed E-state index contributed by atoms with van der Waals surface area (Å²) in [6.45, 7) is 2.99. The summed E-state index contributed by atoms with van der Waals surface area (Å²) in [5, 5.41) is 5.73. The van der Waals surface area contributed by atoms with Gasteiger partial charge in [0, 0.05) is 55.5 Å². The standard InChI is InChI=1S/C27H34F2N4O2S/c1-27(28,29)17-35-26-30-23-16-33(13-11-25(23)36-26)12-10-18-6-8-19(9-7-18)14-24(34)20-4-3-5-22-21(20)15-32(2)31-22/h3-5,15,18-19H,6-14,16-17H2,1-2H3. The number of hydrogen-bond donors (Lipinski definition) is 0. The molecule has 0 unspecified atom stereocenters. The number of carbonyl (C=O) groups is 1. The molecule has 3 heterocycles. The topological polar surface area (TPSA) is 60.2 Å². The maximum Gasteiger partial charge on any atom is 0.278 e.